The molecule has 1 N–H and O–H groups in total. The van der Waals surface area contributed by atoms with Crippen molar-refractivity contribution in [2.75, 3.05) is 25.0 Å². The van der Waals surface area contributed by atoms with Crippen LogP contribution in [0.2, 0.25) is 0 Å². The van der Waals surface area contributed by atoms with Crippen molar-refractivity contribution in [3.05, 3.63) is 29.3 Å². The van der Waals surface area contributed by atoms with E-state index < -0.39 is 0 Å². The van der Waals surface area contributed by atoms with Gasteiger partial charge in [0.25, 0.3) is 0 Å². The molecule has 1 aliphatic rings. The summed E-state index contributed by atoms with van der Waals surface area (Å²) in [6.45, 7) is 2.78. The summed E-state index contributed by atoms with van der Waals surface area (Å²) in [6.07, 6.45) is 1.37. The highest BCUT2D eigenvalue weighted by atomic mass is 16.2. The number of anilines is 1. The van der Waals surface area contributed by atoms with Crippen molar-refractivity contribution in [1.82, 2.24) is 5.32 Å². The minimum absolute atomic E-state index is 0.149. The fraction of sp³-hybridized carbons (Fsp3) is 0.429. The largest absolute Gasteiger partial charge is 0.315 e. The molecule has 0 saturated heterocycles. The number of carbonyl (C=O) groups excluding carboxylic acids is 2. The van der Waals surface area contributed by atoms with Gasteiger partial charge in [-0.25, -0.2) is 0 Å². The summed E-state index contributed by atoms with van der Waals surface area (Å²) in [5.41, 5.74) is 3.32. The monoisotopic (exact) mass is 246 g/mol. The van der Waals surface area contributed by atoms with Gasteiger partial charge in [-0.1, -0.05) is 12.1 Å². The molecule has 0 atom stereocenters. The normalized spacial score (nSPS) is 13.9. The first-order valence-corrected chi connectivity index (χ1v) is 6.16. The number of amides is 1. The second-order valence-electron chi connectivity index (χ2n) is 4.72. The van der Waals surface area contributed by atoms with Gasteiger partial charge in [-0.2, -0.15) is 0 Å². The molecule has 4 nitrogen and oxygen atoms in total. The molecule has 1 heterocycles. The number of ketones is 1. The van der Waals surface area contributed by atoms with E-state index in [1.54, 1.807) is 11.8 Å². The molecule has 96 valence electrons. The molecule has 0 saturated carbocycles. The van der Waals surface area contributed by atoms with Gasteiger partial charge in [-0.15, -0.1) is 0 Å². The van der Waals surface area contributed by atoms with E-state index in [1.165, 1.54) is 5.56 Å². The third-order valence-electron chi connectivity index (χ3n) is 3.19. The summed E-state index contributed by atoms with van der Waals surface area (Å²) in [6, 6.07) is 6.14. The summed E-state index contributed by atoms with van der Waals surface area (Å²) in [5.74, 6) is 0.299. The molecule has 1 amide bonds. The molecule has 1 aromatic rings. The van der Waals surface area contributed by atoms with E-state index in [4.69, 9.17) is 0 Å². The Morgan fingerprint density at radius 2 is 2.22 bits per heavy atom. The Labute approximate surface area is 107 Å². The van der Waals surface area contributed by atoms with Crippen LogP contribution in [0.3, 0.4) is 0 Å². The van der Waals surface area contributed by atoms with Crippen LogP contribution in [-0.4, -0.2) is 31.8 Å². The van der Waals surface area contributed by atoms with Crippen LogP contribution in [-0.2, 0) is 22.4 Å². The van der Waals surface area contributed by atoms with E-state index in [2.05, 4.69) is 11.4 Å². The molecule has 0 aromatic heterocycles. The van der Waals surface area contributed by atoms with Gasteiger partial charge in [0.05, 0.1) is 13.0 Å². The van der Waals surface area contributed by atoms with Gasteiger partial charge in [-0.3, -0.25) is 9.59 Å². The first-order valence-electron chi connectivity index (χ1n) is 6.16. The average Bonchev–Trinajstić information content (AvgIpc) is 2.60. The molecule has 1 aromatic carbocycles. The predicted molar refractivity (Wildman–Crippen MR) is 70.8 cm³/mol. The number of fused-ring (bicyclic) bond motifs is 1. The zero-order valence-electron chi connectivity index (χ0n) is 10.8. The van der Waals surface area contributed by atoms with Crippen LogP contribution >= 0.6 is 0 Å². The van der Waals surface area contributed by atoms with Crippen molar-refractivity contribution in [3.8, 4) is 0 Å². The van der Waals surface area contributed by atoms with Crippen LogP contribution in [0.15, 0.2) is 18.2 Å². The fourth-order valence-corrected chi connectivity index (χ4v) is 2.18. The molecule has 0 unspecified atom stereocenters. The molecule has 0 radical (unpaired) electrons. The third-order valence-corrected chi connectivity index (χ3v) is 3.19. The van der Waals surface area contributed by atoms with Crippen LogP contribution in [0.25, 0.3) is 0 Å². The molecular formula is C14H18N2O2. The summed E-state index contributed by atoms with van der Waals surface area (Å²) in [4.78, 5) is 24.0. The maximum atomic E-state index is 11.6. The van der Waals surface area contributed by atoms with Crippen molar-refractivity contribution in [1.29, 1.82) is 0 Å². The zero-order valence-corrected chi connectivity index (χ0v) is 10.8. The van der Waals surface area contributed by atoms with Crippen molar-refractivity contribution in [2.24, 2.45) is 0 Å². The lowest BCUT2D eigenvalue weighted by atomic mass is 10.1. The zero-order chi connectivity index (χ0) is 13.1. The molecule has 4 heteroatoms. The molecule has 0 bridgehead atoms. The highest BCUT2D eigenvalue weighted by Crippen LogP contribution is 2.28. The van der Waals surface area contributed by atoms with Crippen LogP contribution in [0.1, 0.15) is 18.1 Å². The number of nitrogens with one attached hydrogen (secondary N) is 1. The highest BCUT2D eigenvalue weighted by Gasteiger charge is 2.23. The Balaban J connectivity index is 1.94. The smallest absolute Gasteiger partial charge is 0.231 e. The maximum absolute atomic E-state index is 11.6. The second kappa shape index (κ2) is 5.31. The molecule has 0 aliphatic carbocycles. The molecule has 1 aliphatic heterocycles. The maximum Gasteiger partial charge on any atom is 0.231 e. The quantitative estimate of drug-likeness (QED) is 0.786. The molecule has 2 rings (SSSR count). The van der Waals surface area contributed by atoms with E-state index in [-0.39, 0.29) is 11.7 Å². The van der Waals surface area contributed by atoms with Gasteiger partial charge in [0, 0.05) is 12.7 Å². The number of rotatable bonds is 5. The SMILES string of the molecule is CC(=O)CNCCc1ccc2c(c1)CC(=O)N2C. The van der Waals surface area contributed by atoms with Gasteiger partial charge in [0.15, 0.2) is 0 Å². The summed E-state index contributed by atoms with van der Waals surface area (Å²) in [5, 5.41) is 3.09. The minimum atomic E-state index is 0.149. The van der Waals surface area contributed by atoms with Gasteiger partial charge < -0.3 is 10.2 Å². The lowest BCUT2D eigenvalue weighted by Crippen LogP contribution is -2.23. The Hall–Kier alpha value is -1.68. The van der Waals surface area contributed by atoms with E-state index in [9.17, 15) is 9.59 Å². The predicted octanol–water partition coefficient (Wildman–Crippen LogP) is 0.927. The lowest BCUT2D eigenvalue weighted by Gasteiger charge is -2.10. The van der Waals surface area contributed by atoms with Gasteiger partial charge in [0.1, 0.15) is 5.78 Å². The number of likely N-dealkylation sites (N-methyl/N-ethyl adjacent to an activating group) is 1. The van der Waals surface area contributed by atoms with Crippen LogP contribution in [0, 0.1) is 0 Å². The first kappa shape index (κ1) is 12.8. The number of nitrogens with zero attached hydrogens (tertiary/aromatic N) is 1. The fourth-order valence-electron chi connectivity index (χ4n) is 2.18. The van der Waals surface area contributed by atoms with E-state index in [0.29, 0.717) is 13.0 Å². The van der Waals surface area contributed by atoms with E-state index in [1.807, 2.05) is 19.2 Å². The average molecular weight is 246 g/mol. The van der Waals surface area contributed by atoms with Crippen molar-refractivity contribution in [2.45, 2.75) is 19.8 Å². The summed E-state index contributed by atoms with van der Waals surface area (Å²) < 4.78 is 0. The standard InChI is InChI=1S/C14H18N2O2/c1-10(17)9-15-6-5-11-3-4-13-12(7-11)8-14(18)16(13)2/h3-4,7,15H,5-6,8-9H2,1-2H3. The van der Waals surface area contributed by atoms with Crippen molar-refractivity contribution >= 4 is 17.4 Å². The Morgan fingerprint density at radius 3 is 2.94 bits per heavy atom. The number of hydrogen-bond donors (Lipinski definition) is 1. The lowest BCUT2D eigenvalue weighted by molar-refractivity contribution is -0.117. The van der Waals surface area contributed by atoms with Gasteiger partial charge in [-0.05, 0) is 37.1 Å². The van der Waals surface area contributed by atoms with Crippen LogP contribution < -0.4 is 10.2 Å². The van der Waals surface area contributed by atoms with Gasteiger partial charge in [0.2, 0.25) is 5.91 Å². The first-order chi connectivity index (χ1) is 8.58. The number of benzene rings is 1. The summed E-state index contributed by atoms with van der Waals surface area (Å²) >= 11 is 0. The molecule has 0 fully saturated rings. The number of Topliss-reactive ketones (excluding diaryl/α,β-unsaturated/α-hetero) is 1. The molecular weight excluding hydrogens is 228 g/mol. The number of carbonyl (C=O) groups is 2. The van der Waals surface area contributed by atoms with Crippen LogP contribution in [0.4, 0.5) is 5.69 Å². The van der Waals surface area contributed by atoms with E-state index in [0.717, 1.165) is 24.2 Å². The minimum Gasteiger partial charge on any atom is -0.315 e. The Morgan fingerprint density at radius 1 is 1.44 bits per heavy atom. The topological polar surface area (TPSA) is 49.4 Å². The Bertz CT molecular complexity index is 483. The second-order valence-corrected chi connectivity index (χ2v) is 4.72. The molecule has 18 heavy (non-hydrogen) atoms. The van der Waals surface area contributed by atoms with Crippen molar-refractivity contribution < 1.29 is 9.59 Å². The molecule has 0 spiro atoms. The van der Waals surface area contributed by atoms with Crippen LogP contribution in [0.5, 0.6) is 0 Å². The highest BCUT2D eigenvalue weighted by molar-refractivity contribution is 6.00. The van der Waals surface area contributed by atoms with Crippen molar-refractivity contribution in [3.63, 3.8) is 0 Å². The van der Waals surface area contributed by atoms with E-state index >= 15 is 0 Å². The third kappa shape index (κ3) is 2.76. The van der Waals surface area contributed by atoms with Gasteiger partial charge >= 0.3 is 0 Å². The number of hydrogen-bond acceptors (Lipinski definition) is 3. The Kier molecular flexibility index (Phi) is 3.77. The summed E-state index contributed by atoms with van der Waals surface area (Å²) in [7, 11) is 1.81.